The molecule has 5 N–H and O–H groups in total. The van der Waals surface area contributed by atoms with Crippen molar-refractivity contribution in [3.05, 3.63) is 65.7 Å². The minimum absolute atomic E-state index is 0.0343. The SMILES string of the molecule is Nc1cccc(C(=O)c2c(N)ccc3cccc(O)c23)c1. The van der Waals surface area contributed by atoms with Crippen LogP contribution < -0.4 is 11.5 Å². The number of ketones is 1. The number of hydrogen-bond acceptors (Lipinski definition) is 4. The van der Waals surface area contributed by atoms with Crippen LogP contribution >= 0.6 is 0 Å². The Morgan fingerprint density at radius 1 is 0.952 bits per heavy atom. The van der Waals surface area contributed by atoms with E-state index < -0.39 is 0 Å². The number of carbonyl (C=O) groups excluding carboxylic acids is 1. The van der Waals surface area contributed by atoms with E-state index in [1.807, 2.05) is 6.07 Å². The molecule has 4 heteroatoms. The summed E-state index contributed by atoms with van der Waals surface area (Å²) in [6, 6.07) is 15.2. The van der Waals surface area contributed by atoms with Gasteiger partial charge in [-0.3, -0.25) is 4.79 Å². The van der Waals surface area contributed by atoms with Gasteiger partial charge in [-0.1, -0.05) is 30.3 Å². The number of fused-ring (bicyclic) bond motifs is 1. The Kier molecular flexibility index (Phi) is 2.99. The summed E-state index contributed by atoms with van der Waals surface area (Å²) in [6.45, 7) is 0. The molecule has 3 rings (SSSR count). The first-order valence-electron chi connectivity index (χ1n) is 6.48. The Balaban J connectivity index is 2.29. The number of rotatable bonds is 2. The standard InChI is InChI=1S/C17H14N2O2/c18-12-5-1-4-11(9-12)17(21)16-13(19)8-7-10-3-2-6-14(20)15(10)16/h1-9,20H,18-19H2. The van der Waals surface area contributed by atoms with Crippen LogP contribution in [0.5, 0.6) is 5.75 Å². The number of nitrogen functional groups attached to an aromatic ring is 2. The molecule has 0 aliphatic rings. The molecule has 0 aliphatic carbocycles. The minimum atomic E-state index is -0.257. The molecule has 0 unspecified atom stereocenters. The highest BCUT2D eigenvalue weighted by Gasteiger charge is 2.18. The maximum absolute atomic E-state index is 12.7. The molecule has 0 fully saturated rings. The van der Waals surface area contributed by atoms with Crippen molar-refractivity contribution in [2.24, 2.45) is 0 Å². The van der Waals surface area contributed by atoms with E-state index in [9.17, 15) is 9.90 Å². The summed E-state index contributed by atoms with van der Waals surface area (Å²) in [6.07, 6.45) is 0. The Morgan fingerprint density at radius 3 is 2.48 bits per heavy atom. The number of anilines is 2. The first kappa shape index (κ1) is 13.0. The van der Waals surface area contributed by atoms with Gasteiger partial charge in [0.15, 0.2) is 5.78 Å². The zero-order valence-electron chi connectivity index (χ0n) is 11.2. The Morgan fingerprint density at radius 2 is 1.71 bits per heavy atom. The average Bonchev–Trinajstić information content (AvgIpc) is 2.47. The summed E-state index contributed by atoms with van der Waals surface area (Å²) < 4.78 is 0. The molecule has 0 radical (unpaired) electrons. The van der Waals surface area contributed by atoms with Crippen LogP contribution in [0, 0.1) is 0 Å². The van der Waals surface area contributed by atoms with Gasteiger partial charge >= 0.3 is 0 Å². The van der Waals surface area contributed by atoms with Crippen molar-refractivity contribution in [1.29, 1.82) is 0 Å². The molecule has 0 amide bonds. The lowest BCUT2D eigenvalue weighted by atomic mass is 9.95. The van der Waals surface area contributed by atoms with Gasteiger partial charge in [-0.2, -0.15) is 0 Å². The second kappa shape index (κ2) is 4.83. The van der Waals surface area contributed by atoms with E-state index in [0.717, 1.165) is 5.39 Å². The molecule has 4 nitrogen and oxygen atoms in total. The number of phenolic OH excluding ortho intramolecular Hbond substituents is 1. The lowest BCUT2D eigenvalue weighted by molar-refractivity contribution is 0.104. The molecule has 0 saturated carbocycles. The lowest BCUT2D eigenvalue weighted by Gasteiger charge is -2.11. The van der Waals surface area contributed by atoms with Crippen LogP contribution in [-0.2, 0) is 0 Å². The van der Waals surface area contributed by atoms with Crippen LogP contribution in [0.4, 0.5) is 11.4 Å². The number of aromatic hydroxyl groups is 1. The summed E-state index contributed by atoms with van der Waals surface area (Å²) in [4.78, 5) is 12.7. The highest BCUT2D eigenvalue weighted by molar-refractivity contribution is 6.21. The van der Waals surface area contributed by atoms with Crippen molar-refractivity contribution in [1.82, 2.24) is 0 Å². The molecule has 104 valence electrons. The second-order valence-corrected chi connectivity index (χ2v) is 4.86. The van der Waals surface area contributed by atoms with Crippen LogP contribution in [0.3, 0.4) is 0 Å². The molecule has 0 spiro atoms. The van der Waals surface area contributed by atoms with Crippen LogP contribution in [0.1, 0.15) is 15.9 Å². The Bertz CT molecular complexity index is 857. The smallest absolute Gasteiger partial charge is 0.195 e. The van der Waals surface area contributed by atoms with Gasteiger partial charge in [0.2, 0.25) is 0 Å². The fraction of sp³-hybridized carbons (Fsp3) is 0. The lowest BCUT2D eigenvalue weighted by Crippen LogP contribution is -2.07. The first-order chi connectivity index (χ1) is 10.1. The van der Waals surface area contributed by atoms with E-state index in [1.165, 1.54) is 6.07 Å². The minimum Gasteiger partial charge on any atom is -0.507 e. The maximum Gasteiger partial charge on any atom is 0.195 e. The topological polar surface area (TPSA) is 89.3 Å². The summed E-state index contributed by atoms with van der Waals surface area (Å²) in [5.41, 5.74) is 13.3. The van der Waals surface area contributed by atoms with Crippen molar-refractivity contribution < 1.29 is 9.90 Å². The Labute approximate surface area is 121 Å². The van der Waals surface area contributed by atoms with Crippen molar-refractivity contribution in [2.75, 3.05) is 11.5 Å². The molecule has 0 atom stereocenters. The largest absolute Gasteiger partial charge is 0.507 e. The third-order valence-electron chi connectivity index (χ3n) is 3.43. The quantitative estimate of drug-likeness (QED) is 0.496. The van der Waals surface area contributed by atoms with Crippen LogP contribution in [0.2, 0.25) is 0 Å². The molecule has 0 aliphatic heterocycles. The average molecular weight is 278 g/mol. The highest BCUT2D eigenvalue weighted by atomic mass is 16.3. The van der Waals surface area contributed by atoms with E-state index in [4.69, 9.17) is 11.5 Å². The van der Waals surface area contributed by atoms with Gasteiger partial charge < -0.3 is 16.6 Å². The zero-order chi connectivity index (χ0) is 15.0. The van der Waals surface area contributed by atoms with Gasteiger partial charge in [-0.05, 0) is 29.7 Å². The Hall–Kier alpha value is -3.01. The van der Waals surface area contributed by atoms with Gasteiger partial charge in [0.05, 0.1) is 5.56 Å². The van der Waals surface area contributed by atoms with E-state index in [1.54, 1.807) is 42.5 Å². The summed E-state index contributed by atoms with van der Waals surface area (Å²) in [5.74, 6) is -0.223. The van der Waals surface area contributed by atoms with Crippen molar-refractivity contribution in [3.8, 4) is 5.75 Å². The molecule has 0 bridgehead atoms. The molecule has 21 heavy (non-hydrogen) atoms. The van der Waals surface area contributed by atoms with E-state index >= 15 is 0 Å². The normalized spacial score (nSPS) is 10.7. The summed E-state index contributed by atoms with van der Waals surface area (Å²) in [7, 11) is 0. The van der Waals surface area contributed by atoms with Gasteiger partial charge in [0.1, 0.15) is 5.75 Å². The van der Waals surface area contributed by atoms with E-state index in [2.05, 4.69) is 0 Å². The number of nitrogens with two attached hydrogens (primary N) is 2. The summed E-state index contributed by atoms with van der Waals surface area (Å²) >= 11 is 0. The monoisotopic (exact) mass is 278 g/mol. The van der Waals surface area contributed by atoms with Gasteiger partial charge in [0, 0.05) is 22.3 Å². The van der Waals surface area contributed by atoms with Gasteiger partial charge in [0.25, 0.3) is 0 Å². The molecule has 3 aromatic rings. The summed E-state index contributed by atoms with van der Waals surface area (Å²) in [5, 5.41) is 11.3. The van der Waals surface area contributed by atoms with E-state index in [-0.39, 0.29) is 11.5 Å². The second-order valence-electron chi connectivity index (χ2n) is 4.86. The molecular weight excluding hydrogens is 264 g/mol. The number of phenols is 1. The molecule has 0 heterocycles. The fourth-order valence-electron chi connectivity index (χ4n) is 2.44. The highest BCUT2D eigenvalue weighted by Crippen LogP contribution is 2.33. The molecule has 0 saturated heterocycles. The molecular formula is C17H14N2O2. The predicted octanol–water partition coefficient (Wildman–Crippen LogP) is 2.94. The van der Waals surface area contributed by atoms with Crippen molar-refractivity contribution in [3.63, 3.8) is 0 Å². The first-order valence-corrected chi connectivity index (χ1v) is 6.48. The van der Waals surface area contributed by atoms with Crippen molar-refractivity contribution in [2.45, 2.75) is 0 Å². The van der Waals surface area contributed by atoms with Gasteiger partial charge in [-0.25, -0.2) is 0 Å². The molecule has 3 aromatic carbocycles. The van der Waals surface area contributed by atoms with Crippen LogP contribution in [0.25, 0.3) is 10.8 Å². The van der Waals surface area contributed by atoms with Crippen LogP contribution in [0.15, 0.2) is 54.6 Å². The number of benzene rings is 3. The third kappa shape index (κ3) is 2.17. The van der Waals surface area contributed by atoms with Crippen LogP contribution in [-0.4, -0.2) is 10.9 Å². The number of carbonyl (C=O) groups is 1. The predicted molar refractivity (Wildman–Crippen MR) is 84.3 cm³/mol. The van der Waals surface area contributed by atoms with E-state index in [0.29, 0.717) is 27.9 Å². The van der Waals surface area contributed by atoms with Gasteiger partial charge in [-0.15, -0.1) is 0 Å². The fourth-order valence-corrected chi connectivity index (χ4v) is 2.44. The molecule has 0 aromatic heterocycles. The maximum atomic E-state index is 12.7. The van der Waals surface area contributed by atoms with Crippen molar-refractivity contribution >= 4 is 27.9 Å². The number of hydrogen-bond donors (Lipinski definition) is 3. The zero-order valence-corrected chi connectivity index (χ0v) is 11.2. The third-order valence-corrected chi connectivity index (χ3v) is 3.43.